The molecule has 0 aromatic heterocycles. The van der Waals surface area contributed by atoms with Gasteiger partial charge in [-0.2, -0.15) is 0 Å². The maximum atomic E-state index is 6.65. The molecule has 0 N–H and O–H groups in total. The van der Waals surface area contributed by atoms with E-state index in [0.29, 0.717) is 4.22 Å². The summed E-state index contributed by atoms with van der Waals surface area (Å²) in [5.41, 5.74) is 0. The van der Waals surface area contributed by atoms with Crippen molar-refractivity contribution in [3.8, 4) is 0 Å². The minimum absolute atomic E-state index is 0.374. The molecule has 16 heavy (non-hydrogen) atoms. The molecule has 3 heteroatoms. The summed E-state index contributed by atoms with van der Waals surface area (Å²) < 4.78 is 1.46. The Balaban J connectivity index is 2.48. The van der Waals surface area contributed by atoms with Gasteiger partial charge in [0.15, 0.2) is 0 Å². The van der Waals surface area contributed by atoms with Crippen LogP contribution in [0.5, 0.6) is 0 Å². The number of halogens is 2. The van der Waals surface area contributed by atoms with Gasteiger partial charge in [-0.3, -0.25) is 0 Å². The van der Waals surface area contributed by atoms with Crippen LogP contribution in [0.15, 0.2) is 24.3 Å². The molecular weight excluding hydrogens is 275 g/mol. The zero-order chi connectivity index (χ0) is 12.0. The Morgan fingerprint density at radius 2 is 1.81 bits per heavy atom. The molecule has 0 aromatic carbocycles. The second-order valence-electron chi connectivity index (χ2n) is 4.68. The van der Waals surface area contributed by atoms with E-state index < -0.39 is 14.5 Å². The van der Waals surface area contributed by atoms with Crippen LogP contribution in [-0.2, 0) is 14.5 Å². The Hall–Kier alpha value is 0.774. The minimum atomic E-state index is -2.66. The zero-order valence-electron chi connectivity index (χ0n) is 10.3. The van der Waals surface area contributed by atoms with Gasteiger partial charge in [-0.25, -0.2) is 0 Å². The van der Waals surface area contributed by atoms with Crippen LogP contribution >= 0.6 is 18.6 Å². The fourth-order valence-corrected chi connectivity index (χ4v) is 8.80. The van der Waals surface area contributed by atoms with Crippen LogP contribution in [0.3, 0.4) is 0 Å². The van der Waals surface area contributed by atoms with Gasteiger partial charge >= 0.3 is 112 Å². The summed E-state index contributed by atoms with van der Waals surface area (Å²) in [5, 5.41) is 0. The van der Waals surface area contributed by atoms with Gasteiger partial charge in [-0.05, 0) is 0 Å². The average molecular weight is 297 g/mol. The molecule has 1 unspecified atom stereocenters. The fraction of sp³-hybridized carbons (Fsp3) is 0.692. The van der Waals surface area contributed by atoms with Gasteiger partial charge in [-0.15, -0.1) is 0 Å². The molecule has 0 saturated carbocycles. The predicted octanol–water partition coefficient (Wildman–Crippen LogP) is 6.00. The van der Waals surface area contributed by atoms with Crippen molar-refractivity contribution in [2.45, 2.75) is 48.5 Å². The summed E-state index contributed by atoms with van der Waals surface area (Å²) >= 11 is -2.66. The Morgan fingerprint density at radius 3 is 2.31 bits per heavy atom. The third-order valence-electron chi connectivity index (χ3n) is 3.34. The van der Waals surface area contributed by atoms with Crippen molar-refractivity contribution in [3.05, 3.63) is 24.3 Å². The Morgan fingerprint density at radius 1 is 1.19 bits per heavy atom. The Labute approximate surface area is 111 Å². The number of allylic oxidation sites excluding steroid dienone is 4. The quantitative estimate of drug-likeness (QED) is 0.506. The van der Waals surface area contributed by atoms with E-state index in [4.69, 9.17) is 18.6 Å². The second-order valence-corrected chi connectivity index (χ2v) is 15.1. The van der Waals surface area contributed by atoms with E-state index in [9.17, 15) is 0 Å². The van der Waals surface area contributed by atoms with Gasteiger partial charge in [0.25, 0.3) is 0 Å². The van der Waals surface area contributed by atoms with Crippen molar-refractivity contribution in [2.24, 2.45) is 5.92 Å². The number of hydrogen-bond acceptors (Lipinski definition) is 0. The van der Waals surface area contributed by atoms with E-state index in [2.05, 4.69) is 38.2 Å². The summed E-state index contributed by atoms with van der Waals surface area (Å²) in [7, 11) is 13.3. The van der Waals surface area contributed by atoms with E-state index >= 15 is 0 Å². The molecule has 0 fully saturated rings. The standard InChI is InChI=1S/C8H17.C5H5.2ClH.Ti/c1-4-6-7-8(3)5-2;1-2-4-5-3-1;;;/h8H,3-7H2,1-2H3;1-5H;2*1H;/q;;;;+2/p-2. The van der Waals surface area contributed by atoms with Gasteiger partial charge in [0.05, 0.1) is 0 Å². The summed E-state index contributed by atoms with van der Waals surface area (Å²) in [4.78, 5) is 0. The average Bonchev–Trinajstić information content (AvgIpc) is 2.78. The molecule has 0 aromatic rings. The van der Waals surface area contributed by atoms with E-state index in [1.54, 1.807) is 0 Å². The van der Waals surface area contributed by atoms with Crippen LogP contribution in [-0.4, -0.2) is 0 Å². The molecule has 0 bridgehead atoms. The van der Waals surface area contributed by atoms with E-state index in [1.807, 2.05) is 0 Å². The SMILES string of the molecule is CCCCC(CC)[CH2][Ti]([Cl])([Cl])[CH]1C=CC=C1. The molecule has 1 rings (SSSR count). The monoisotopic (exact) mass is 296 g/mol. The number of rotatable bonds is 7. The van der Waals surface area contributed by atoms with Crippen molar-refractivity contribution < 1.29 is 14.5 Å². The van der Waals surface area contributed by atoms with E-state index in [1.165, 1.54) is 25.7 Å². The summed E-state index contributed by atoms with van der Waals surface area (Å²) in [6.07, 6.45) is 13.6. The zero-order valence-corrected chi connectivity index (χ0v) is 13.3. The van der Waals surface area contributed by atoms with Crippen molar-refractivity contribution in [1.82, 2.24) is 0 Å². The Kier molecular flexibility index (Phi) is 6.73. The van der Waals surface area contributed by atoms with Crippen LogP contribution < -0.4 is 0 Å². The molecule has 92 valence electrons. The first-order chi connectivity index (χ1) is 7.60. The molecule has 0 nitrogen and oxygen atoms in total. The third-order valence-corrected chi connectivity index (χ3v) is 10.6. The third kappa shape index (κ3) is 4.57. The van der Waals surface area contributed by atoms with Crippen LogP contribution in [0.4, 0.5) is 0 Å². The second kappa shape index (κ2) is 7.26. The van der Waals surface area contributed by atoms with Crippen molar-refractivity contribution in [3.63, 3.8) is 0 Å². The predicted molar refractivity (Wildman–Crippen MR) is 71.8 cm³/mol. The van der Waals surface area contributed by atoms with Crippen LogP contribution in [0.1, 0.15) is 39.5 Å². The van der Waals surface area contributed by atoms with E-state index in [-0.39, 0.29) is 0 Å². The molecule has 1 atom stereocenters. The molecule has 0 amide bonds. The molecule has 0 saturated heterocycles. The first-order valence-electron chi connectivity index (χ1n) is 6.33. The number of hydrogen-bond donors (Lipinski definition) is 0. The Bertz CT molecular complexity index is 247. The van der Waals surface area contributed by atoms with Gasteiger partial charge < -0.3 is 0 Å². The molecule has 1 aliphatic rings. The van der Waals surface area contributed by atoms with E-state index in [0.717, 1.165) is 10.6 Å². The summed E-state index contributed by atoms with van der Waals surface area (Å²) in [5.74, 6) is 0.734. The molecule has 0 spiro atoms. The van der Waals surface area contributed by atoms with Crippen LogP contribution in [0, 0.1) is 5.92 Å². The van der Waals surface area contributed by atoms with Crippen molar-refractivity contribution in [1.29, 1.82) is 0 Å². The molecule has 0 radical (unpaired) electrons. The van der Waals surface area contributed by atoms with Gasteiger partial charge in [0.2, 0.25) is 0 Å². The maximum absolute atomic E-state index is 6.65. The van der Waals surface area contributed by atoms with Crippen LogP contribution in [0.2, 0.25) is 8.95 Å². The number of unbranched alkanes of at least 4 members (excludes halogenated alkanes) is 1. The first kappa shape index (κ1) is 14.8. The molecule has 0 heterocycles. The molecule has 1 aliphatic carbocycles. The van der Waals surface area contributed by atoms with Gasteiger partial charge in [0, 0.05) is 0 Å². The fourth-order valence-electron chi connectivity index (χ4n) is 2.18. The topological polar surface area (TPSA) is 0 Å². The van der Waals surface area contributed by atoms with Crippen molar-refractivity contribution in [2.75, 3.05) is 0 Å². The van der Waals surface area contributed by atoms with Gasteiger partial charge in [-0.1, -0.05) is 0 Å². The molecular formula is C13H22Cl2Ti. The summed E-state index contributed by atoms with van der Waals surface area (Å²) in [6, 6.07) is 0. The van der Waals surface area contributed by atoms with Crippen LogP contribution in [0.25, 0.3) is 0 Å². The van der Waals surface area contributed by atoms with Gasteiger partial charge in [0.1, 0.15) is 0 Å². The normalized spacial score (nSPS) is 18.2. The summed E-state index contributed by atoms with van der Waals surface area (Å²) in [6.45, 7) is 4.50. The molecule has 0 aliphatic heterocycles. The van der Waals surface area contributed by atoms with Crippen molar-refractivity contribution >= 4 is 18.6 Å². The first-order valence-corrected chi connectivity index (χ1v) is 12.6.